The van der Waals surface area contributed by atoms with Gasteiger partial charge in [-0.15, -0.1) is 11.3 Å². The van der Waals surface area contributed by atoms with Crippen LogP contribution in [0.3, 0.4) is 0 Å². The molecule has 9 heteroatoms. The second-order valence-electron chi connectivity index (χ2n) is 8.26. The topological polar surface area (TPSA) is 97.2 Å². The molecule has 3 heterocycles. The molecule has 3 amide bonds. The number of nitrogens with one attached hydrogen (secondary N) is 1. The summed E-state index contributed by atoms with van der Waals surface area (Å²) >= 11 is 1.61. The van der Waals surface area contributed by atoms with E-state index in [2.05, 4.69) is 15.4 Å². The minimum atomic E-state index is -0.898. The molecule has 1 aliphatic rings. The van der Waals surface area contributed by atoms with Crippen molar-refractivity contribution < 1.29 is 14.4 Å². The van der Waals surface area contributed by atoms with Gasteiger partial charge < -0.3 is 5.32 Å². The Kier molecular flexibility index (Phi) is 6.18. The van der Waals surface area contributed by atoms with Gasteiger partial charge in [-0.3, -0.25) is 24.0 Å². The summed E-state index contributed by atoms with van der Waals surface area (Å²) in [6.07, 6.45) is 4.50. The molecule has 3 aromatic rings. The Morgan fingerprint density at radius 3 is 2.44 bits per heavy atom. The van der Waals surface area contributed by atoms with Crippen molar-refractivity contribution in [3.8, 4) is 0 Å². The Morgan fingerprint density at radius 2 is 1.84 bits per heavy atom. The van der Waals surface area contributed by atoms with Crippen LogP contribution < -0.4 is 5.32 Å². The van der Waals surface area contributed by atoms with Crippen LogP contribution in [0.15, 0.2) is 42.2 Å². The number of amides is 3. The van der Waals surface area contributed by atoms with Gasteiger partial charge in [-0.2, -0.15) is 5.10 Å². The number of aromatic nitrogens is 3. The van der Waals surface area contributed by atoms with Crippen molar-refractivity contribution in [2.45, 2.75) is 46.2 Å². The lowest BCUT2D eigenvalue weighted by Gasteiger charge is -2.26. The second kappa shape index (κ2) is 9.04. The molecule has 1 aliphatic heterocycles. The quantitative estimate of drug-likeness (QED) is 0.529. The molecule has 1 atom stereocenters. The lowest BCUT2D eigenvalue weighted by molar-refractivity contribution is -0.120. The Morgan fingerprint density at radius 1 is 1.16 bits per heavy atom. The number of carbonyl (C=O) groups is 3. The van der Waals surface area contributed by atoms with Crippen LogP contribution in [0.25, 0.3) is 0 Å². The SMILES string of the molecule is Cc1ncsc1CCn1cc(NC(=O)C(CC(C)C)N2C(=O)c3ccccc3C2=O)cn1. The third kappa shape index (κ3) is 4.34. The molecule has 0 aliphatic carbocycles. The highest BCUT2D eigenvalue weighted by molar-refractivity contribution is 7.09. The summed E-state index contributed by atoms with van der Waals surface area (Å²) in [6.45, 7) is 6.55. The molecule has 0 spiro atoms. The first-order valence-corrected chi connectivity index (χ1v) is 11.4. The van der Waals surface area contributed by atoms with Gasteiger partial charge in [-0.25, -0.2) is 4.98 Å². The van der Waals surface area contributed by atoms with E-state index < -0.39 is 23.8 Å². The van der Waals surface area contributed by atoms with Gasteiger partial charge in [-0.05, 0) is 31.4 Å². The first kappa shape index (κ1) is 21.9. The number of carbonyl (C=O) groups excluding carboxylic acids is 3. The second-order valence-corrected chi connectivity index (χ2v) is 9.20. The van der Waals surface area contributed by atoms with Crippen molar-refractivity contribution in [3.63, 3.8) is 0 Å². The van der Waals surface area contributed by atoms with E-state index in [1.807, 2.05) is 26.3 Å². The van der Waals surface area contributed by atoms with Gasteiger partial charge in [0.1, 0.15) is 6.04 Å². The van der Waals surface area contributed by atoms with Crippen LogP contribution in [0.2, 0.25) is 0 Å². The minimum Gasteiger partial charge on any atom is -0.322 e. The van der Waals surface area contributed by atoms with Crippen molar-refractivity contribution in [1.29, 1.82) is 0 Å². The lowest BCUT2D eigenvalue weighted by atomic mass is 10.0. The number of rotatable bonds is 8. The van der Waals surface area contributed by atoms with E-state index in [1.165, 1.54) is 4.88 Å². The highest BCUT2D eigenvalue weighted by Crippen LogP contribution is 2.27. The molecule has 1 unspecified atom stereocenters. The van der Waals surface area contributed by atoms with Crippen molar-refractivity contribution in [2.24, 2.45) is 5.92 Å². The average molecular weight is 452 g/mol. The largest absolute Gasteiger partial charge is 0.322 e. The Hall–Kier alpha value is -3.33. The number of fused-ring (bicyclic) bond motifs is 1. The van der Waals surface area contributed by atoms with Crippen molar-refractivity contribution in [2.75, 3.05) is 5.32 Å². The van der Waals surface area contributed by atoms with E-state index >= 15 is 0 Å². The van der Waals surface area contributed by atoms with Crippen LogP contribution in [0, 0.1) is 12.8 Å². The predicted molar refractivity (Wildman–Crippen MR) is 122 cm³/mol. The van der Waals surface area contributed by atoms with Crippen LogP contribution in [0.1, 0.15) is 51.6 Å². The molecule has 0 radical (unpaired) electrons. The smallest absolute Gasteiger partial charge is 0.262 e. The van der Waals surface area contributed by atoms with Crippen LogP contribution in [0.5, 0.6) is 0 Å². The summed E-state index contributed by atoms with van der Waals surface area (Å²) in [5.41, 5.74) is 4.05. The third-order valence-electron chi connectivity index (χ3n) is 5.45. The molecule has 166 valence electrons. The molecule has 0 saturated heterocycles. The van der Waals surface area contributed by atoms with Crippen LogP contribution in [-0.2, 0) is 17.8 Å². The molecule has 4 rings (SSSR count). The maximum atomic E-state index is 13.2. The minimum absolute atomic E-state index is 0.112. The summed E-state index contributed by atoms with van der Waals surface area (Å²) < 4.78 is 1.76. The molecular weight excluding hydrogens is 426 g/mol. The zero-order chi connectivity index (χ0) is 22.8. The van der Waals surface area contributed by atoms with Gasteiger partial charge in [0, 0.05) is 24.0 Å². The third-order valence-corrected chi connectivity index (χ3v) is 6.44. The van der Waals surface area contributed by atoms with Gasteiger partial charge in [0.15, 0.2) is 0 Å². The van der Waals surface area contributed by atoms with Gasteiger partial charge >= 0.3 is 0 Å². The maximum Gasteiger partial charge on any atom is 0.262 e. The molecule has 2 aromatic heterocycles. The summed E-state index contributed by atoms with van der Waals surface area (Å²) in [7, 11) is 0. The number of aryl methyl sites for hydroxylation is 3. The highest BCUT2D eigenvalue weighted by Gasteiger charge is 2.42. The molecule has 1 aromatic carbocycles. The van der Waals surface area contributed by atoms with E-state index in [0.29, 0.717) is 29.8 Å². The monoisotopic (exact) mass is 451 g/mol. The van der Waals surface area contributed by atoms with E-state index in [-0.39, 0.29) is 5.92 Å². The van der Waals surface area contributed by atoms with Crippen molar-refractivity contribution >= 4 is 34.7 Å². The summed E-state index contributed by atoms with van der Waals surface area (Å²) in [4.78, 5) is 45.6. The number of anilines is 1. The maximum absolute atomic E-state index is 13.2. The van der Waals surface area contributed by atoms with Gasteiger partial charge in [0.05, 0.1) is 34.2 Å². The Bertz CT molecular complexity index is 1130. The van der Waals surface area contributed by atoms with E-state index in [4.69, 9.17) is 0 Å². The Balaban J connectivity index is 1.48. The number of imide groups is 1. The first-order valence-electron chi connectivity index (χ1n) is 10.5. The predicted octanol–water partition coefficient (Wildman–Crippen LogP) is 3.54. The number of thiazole rings is 1. The summed E-state index contributed by atoms with van der Waals surface area (Å²) in [6, 6.07) is 5.77. The fourth-order valence-corrected chi connectivity index (χ4v) is 4.60. The van der Waals surface area contributed by atoms with Crippen LogP contribution in [-0.4, -0.2) is 43.4 Å². The van der Waals surface area contributed by atoms with Crippen molar-refractivity contribution in [1.82, 2.24) is 19.7 Å². The molecule has 0 bridgehead atoms. The molecular formula is C23H25N5O3S. The van der Waals surface area contributed by atoms with Gasteiger partial charge in [0.25, 0.3) is 11.8 Å². The van der Waals surface area contributed by atoms with Crippen LogP contribution in [0.4, 0.5) is 5.69 Å². The van der Waals surface area contributed by atoms with E-state index in [1.54, 1.807) is 52.7 Å². The zero-order valence-electron chi connectivity index (χ0n) is 18.2. The fraction of sp³-hybridized carbons (Fsp3) is 0.348. The average Bonchev–Trinajstić information content (AvgIpc) is 3.44. The zero-order valence-corrected chi connectivity index (χ0v) is 19.1. The standard InChI is InChI=1S/C23H25N5O3S/c1-14(2)10-19(28-22(30)17-6-4-5-7-18(17)23(28)31)21(29)26-16-11-25-27(12-16)9-8-20-15(3)24-13-32-20/h4-7,11-14,19H,8-10H2,1-3H3,(H,26,29). The molecule has 1 N–H and O–H groups in total. The van der Waals surface area contributed by atoms with Crippen LogP contribution >= 0.6 is 11.3 Å². The van der Waals surface area contributed by atoms with Gasteiger partial charge in [-0.1, -0.05) is 26.0 Å². The molecule has 32 heavy (non-hydrogen) atoms. The number of benzene rings is 1. The fourth-order valence-electron chi connectivity index (χ4n) is 3.83. The first-order chi connectivity index (χ1) is 15.3. The number of nitrogens with zero attached hydrogens (tertiary/aromatic N) is 4. The van der Waals surface area contributed by atoms with Crippen molar-refractivity contribution in [3.05, 3.63) is 63.9 Å². The Labute approximate surface area is 190 Å². The molecule has 0 fully saturated rings. The number of hydrogen-bond acceptors (Lipinski definition) is 6. The molecule has 8 nitrogen and oxygen atoms in total. The highest BCUT2D eigenvalue weighted by atomic mass is 32.1. The lowest BCUT2D eigenvalue weighted by Crippen LogP contribution is -2.47. The normalized spacial score (nSPS) is 14.2. The summed E-state index contributed by atoms with van der Waals surface area (Å²) in [5, 5.41) is 7.16. The summed E-state index contributed by atoms with van der Waals surface area (Å²) in [5.74, 6) is -1.14. The molecule has 0 saturated carbocycles. The van der Waals surface area contributed by atoms with E-state index in [9.17, 15) is 14.4 Å². The van der Waals surface area contributed by atoms with Gasteiger partial charge in [0.2, 0.25) is 5.91 Å². The van der Waals surface area contributed by atoms with E-state index in [0.717, 1.165) is 17.0 Å². The number of hydrogen-bond donors (Lipinski definition) is 1.